The molecule has 3 aromatic carbocycles. The summed E-state index contributed by atoms with van der Waals surface area (Å²) in [5.74, 6) is 1.21. The Morgan fingerprint density at radius 1 is 1.02 bits per heavy atom. The average molecular weight is 554 g/mol. The first-order chi connectivity index (χ1) is 19.4. The molecule has 1 aliphatic rings. The van der Waals surface area contributed by atoms with Crippen molar-refractivity contribution in [3.63, 3.8) is 0 Å². The van der Waals surface area contributed by atoms with Crippen molar-refractivity contribution >= 4 is 40.1 Å². The third kappa shape index (κ3) is 6.09. The minimum atomic E-state index is -0.611. The molecule has 1 aliphatic heterocycles. The van der Waals surface area contributed by atoms with Gasteiger partial charge in [-0.05, 0) is 85.3 Å². The van der Waals surface area contributed by atoms with E-state index in [1.165, 1.54) is 0 Å². The molecule has 2 amide bonds. The summed E-state index contributed by atoms with van der Waals surface area (Å²) in [4.78, 5) is 36.6. The van der Waals surface area contributed by atoms with Gasteiger partial charge in [-0.2, -0.15) is 4.98 Å². The van der Waals surface area contributed by atoms with Crippen LogP contribution < -0.4 is 20.3 Å². The molecule has 0 bridgehead atoms. The molecule has 0 unspecified atom stereocenters. The fourth-order valence-electron chi connectivity index (χ4n) is 4.92. The lowest BCUT2D eigenvalue weighted by Gasteiger charge is -2.39. The van der Waals surface area contributed by atoms with Crippen molar-refractivity contribution < 1.29 is 19.1 Å². The lowest BCUT2D eigenvalue weighted by atomic mass is 9.77. The molecule has 0 spiro atoms. The van der Waals surface area contributed by atoms with E-state index in [2.05, 4.69) is 34.4 Å². The van der Waals surface area contributed by atoms with Crippen LogP contribution in [0.4, 0.5) is 22.1 Å². The third-order valence-corrected chi connectivity index (χ3v) is 7.02. The molecule has 212 valence electrons. The second kappa shape index (κ2) is 10.7. The van der Waals surface area contributed by atoms with Crippen LogP contribution in [-0.4, -0.2) is 41.2 Å². The number of fused-ring (bicyclic) bond motifs is 2. The summed E-state index contributed by atoms with van der Waals surface area (Å²) in [5.41, 5.74) is 2.18. The number of carbonyl (C=O) groups excluding carboxylic acids is 2. The minimum Gasteiger partial charge on any atom is -0.443 e. The molecule has 41 heavy (non-hydrogen) atoms. The van der Waals surface area contributed by atoms with Gasteiger partial charge >= 0.3 is 6.09 Å². The fraction of sp³-hybridized carbons (Fsp3) is 0.312. The van der Waals surface area contributed by atoms with Gasteiger partial charge in [-0.25, -0.2) is 9.78 Å². The largest absolute Gasteiger partial charge is 0.443 e. The first-order valence-corrected chi connectivity index (χ1v) is 13.6. The molecule has 0 radical (unpaired) electrons. The molecular formula is C32H35N5O4. The van der Waals surface area contributed by atoms with E-state index in [0.717, 1.165) is 28.4 Å². The molecule has 0 saturated carbocycles. The lowest BCUT2D eigenvalue weighted by molar-refractivity contribution is 0.0574. The molecule has 1 aromatic heterocycles. The zero-order valence-electron chi connectivity index (χ0n) is 24.2. The van der Waals surface area contributed by atoms with Crippen LogP contribution in [0.2, 0.25) is 0 Å². The van der Waals surface area contributed by atoms with Crippen LogP contribution in [0.15, 0.2) is 66.9 Å². The van der Waals surface area contributed by atoms with Crippen molar-refractivity contribution in [2.45, 2.75) is 52.1 Å². The van der Waals surface area contributed by atoms with E-state index in [9.17, 15) is 9.59 Å². The van der Waals surface area contributed by atoms with Crippen LogP contribution in [0.3, 0.4) is 0 Å². The number of benzene rings is 3. The summed E-state index contributed by atoms with van der Waals surface area (Å²) in [5, 5.41) is 7.55. The molecule has 2 heterocycles. The second-order valence-corrected chi connectivity index (χ2v) is 11.7. The highest BCUT2D eigenvalue weighted by Crippen LogP contribution is 2.41. The summed E-state index contributed by atoms with van der Waals surface area (Å²) in [6, 6.07) is 18.5. The number of nitrogens with zero attached hydrogens (tertiary/aromatic N) is 3. The molecule has 0 fully saturated rings. The molecule has 4 aromatic rings. The monoisotopic (exact) mass is 553 g/mol. The number of aromatic nitrogens is 2. The SMILES string of the molecule is CNc1nccc(Oc2ccc3c(C(=O)Nc4ccc5c(c4)N(C(=O)OC(C)(C)C)CCC5(C)C)cccc3c2)n1. The zero-order valence-corrected chi connectivity index (χ0v) is 24.2. The Morgan fingerprint density at radius 3 is 2.59 bits per heavy atom. The van der Waals surface area contributed by atoms with Gasteiger partial charge in [-0.15, -0.1) is 0 Å². The Kier molecular flexibility index (Phi) is 7.29. The summed E-state index contributed by atoms with van der Waals surface area (Å²) in [6.07, 6.45) is 2.03. The Hall–Kier alpha value is -4.66. The number of anilines is 3. The van der Waals surface area contributed by atoms with Gasteiger partial charge in [-0.3, -0.25) is 9.69 Å². The van der Waals surface area contributed by atoms with Gasteiger partial charge in [0.15, 0.2) is 0 Å². The third-order valence-electron chi connectivity index (χ3n) is 7.02. The topological polar surface area (TPSA) is 106 Å². The van der Waals surface area contributed by atoms with Crippen molar-refractivity contribution in [2.24, 2.45) is 0 Å². The van der Waals surface area contributed by atoms with Gasteiger partial charge in [0, 0.05) is 37.1 Å². The molecule has 0 saturated heterocycles. The number of amides is 2. The normalized spacial score (nSPS) is 14.2. The smallest absolute Gasteiger partial charge is 0.414 e. The summed E-state index contributed by atoms with van der Waals surface area (Å²) in [6.45, 7) is 10.4. The number of nitrogens with one attached hydrogen (secondary N) is 2. The summed E-state index contributed by atoms with van der Waals surface area (Å²) >= 11 is 0. The number of hydrogen-bond donors (Lipinski definition) is 2. The predicted molar refractivity (Wildman–Crippen MR) is 161 cm³/mol. The summed E-state index contributed by atoms with van der Waals surface area (Å²) < 4.78 is 11.6. The van der Waals surface area contributed by atoms with E-state index in [-0.39, 0.29) is 11.3 Å². The van der Waals surface area contributed by atoms with Gasteiger partial charge in [0.2, 0.25) is 11.8 Å². The second-order valence-electron chi connectivity index (χ2n) is 11.7. The van der Waals surface area contributed by atoms with E-state index >= 15 is 0 Å². The van der Waals surface area contributed by atoms with Crippen molar-refractivity contribution in [3.8, 4) is 11.6 Å². The van der Waals surface area contributed by atoms with E-state index in [1.54, 1.807) is 36.3 Å². The fourth-order valence-corrected chi connectivity index (χ4v) is 4.92. The molecular weight excluding hydrogens is 518 g/mol. The van der Waals surface area contributed by atoms with Crippen LogP contribution in [0.1, 0.15) is 57.0 Å². The molecule has 2 N–H and O–H groups in total. The van der Waals surface area contributed by atoms with E-state index in [0.29, 0.717) is 35.4 Å². The van der Waals surface area contributed by atoms with Crippen molar-refractivity contribution in [3.05, 3.63) is 78.0 Å². The average Bonchev–Trinajstić information content (AvgIpc) is 2.91. The first-order valence-electron chi connectivity index (χ1n) is 13.6. The summed E-state index contributed by atoms with van der Waals surface area (Å²) in [7, 11) is 1.74. The maximum absolute atomic E-state index is 13.5. The highest BCUT2D eigenvalue weighted by atomic mass is 16.6. The lowest BCUT2D eigenvalue weighted by Crippen LogP contribution is -2.43. The molecule has 0 atom stereocenters. The maximum atomic E-state index is 13.5. The highest BCUT2D eigenvalue weighted by Gasteiger charge is 2.35. The highest BCUT2D eigenvalue weighted by molar-refractivity contribution is 6.13. The van der Waals surface area contributed by atoms with Crippen LogP contribution in [-0.2, 0) is 10.2 Å². The van der Waals surface area contributed by atoms with Crippen molar-refractivity contribution in [1.29, 1.82) is 0 Å². The molecule has 0 aliphatic carbocycles. The van der Waals surface area contributed by atoms with E-state index in [1.807, 2.05) is 63.2 Å². The van der Waals surface area contributed by atoms with Gasteiger partial charge in [0.25, 0.3) is 5.91 Å². The Bertz CT molecular complexity index is 1630. The first kappa shape index (κ1) is 27.9. The number of hydrogen-bond acceptors (Lipinski definition) is 7. The number of carbonyl (C=O) groups is 2. The Morgan fingerprint density at radius 2 is 1.83 bits per heavy atom. The maximum Gasteiger partial charge on any atom is 0.414 e. The van der Waals surface area contributed by atoms with Crippen LogP contribution in [0.25, 0.3) is 10.8 Å². The Balaban J connectivity index is 1.40. The predicted octanol–water partition coefficient (Wildman–Crippen LogP) is 7.14. The van der Waals surface area contributed by atoms with Gasteiger partial charge < -0.3 is 20.1 Å². The van der Waals surface area contributed by atoms with Crippen molar-refractivity contribution in [1.82, 2.24) is 9.97 Å². The number of ether oxygens (including phenoxy) is 2. The van der Waals surface area contributed by atoms with Gasteiger partial charge in [0.05, 0.1) is 5.69 Å². The zero-order chi connectivity index (χ0) is 29.4. The van der Waals surface area contributed by atoms with Crippen molar-refractivity contribution in [2.75, 3.05) is 29.1 Å². The van der Waals surface area contributed by atoms with Crippen LogP contribution in [0.5, 0.6) is 11.6 Å². The molecule has 9 nitrogen and oxygen atoms in total. The number of rotatable bonds is 5. The van der Waals surface area contributed by atoms with Crippen LogP contribution >= 0.6 is 0 Å². The van der Waals surface area contributed by atoms with E-state index in [4.69, 9.17) is 9.47 Å². The van der Waals surface area contributed by atoms with Gasteiger partial charge in [-0.1, -0.05) is 32.0 Å². The Labute approximate surface area is 239 Å². The molecule has 9 heteroatoms. The van der Waals surface area contributed by atoms with E-state index < -0.39 is 11.7 Å². The minimum absolute atomic E-state index is 0.119. The molecule has 5 rings (SSSR count). The van der Waals surface area contributed by atoms with Crippen LogP contribution in [0, 0.1) is 0 Å². The standard InChI is InChI=1S/C32H35N5O4/c1-31(2,3)41-30(39)37-17-15-32(4,5)25-13-10-21(19-26(25)37)35-28(38)24-9-7-8-20-18-22(11-12-23(20)24)40-27-14-16-34-29(33-6)36-27/h7-14,16,18-19H,15,17H2,1-6H3,(H,35,38)(H,33,34,36). The van der Waals surface area contributed by atoms with Gasteiger partial charge in [0.1, 0.15) is 11.4 Å². The quantitative estimate of drug-likeness (QED) is 0.271.